The Morgan fingerprint density at radius 2 is 1.38 bits per heavy atom. The van der Waals surface area contributed by atoms with Crippen molar-refractivity contribution in [2.45, 2.75) is 24.0 Å². The lowest BCUT2D eigenvalue weighted by Gasteiger charge is -2.29. The molecule has 10 heteroatoms. The number of hydrogen-bond acceptors (Lipinski definition) is 9. The first-order valence-corrected chi connectivity index (χ1v) is 12.8. The lowest BCUT2D eigenvalue weighted by Crippen LogP contribution is -2.34. The first kappa shape index (κ1) is 28.3. The van der Waals surface area contributed by atoms with E-state index < -0.39 is 22.3 Å². The van der Waals surface area contributed by atoms with Crippen molar-refractivity contribution in [3.05, 3.63) is 77.9 Å². The van der Waals surface area contributed by atoms with E-state index in [0.717, 1.165) is 5.56 Å². The van der Waals surface area contributed by atoms with Gasteiger partial charge in [-0.1, -0.05) is 35.9 Å². The molecule has 0 radical (unpaired) electrons. The second kappa shape index (κ2) is 13.3. The van der Waals surface area contributed by atoms with Gasteiger partial charge in [-0.05, 0) is 48.9 Å². The van der Waals surface area contributed by atoms with Crippen molar-refractivity contribution in [1.82, 2.24) is 0 Å². The number of benzene rings is 3. The number of para-hydroxylation sites is 2. The van der Waals surface area contributed by atoms with Gasteiger partial charge in [0.1, 0.15) is 19.5 Å². The maximum Gasteiger partial charge on any atom is 0.297 e. The topological polar surface area (TPSA) is 98.8 Å². The van der Waals surface area contributed by atoms with Crippen molar-refractivity contribution in [3.8, 4) is 23.0 Å². The highest BCUT2D eigenvalue weighted by Crippen LogP contribution is 2.36. The van der Waals surface area contributed by atoms with Crippen LogP contribution < -0.4 is 18.9 Å². The molecule has 0 aromatic heterocycles. The molecule has 0 N–H and O–H groups in total. The fourth-order valence-electron chi connectivity index (χ4n) is 3.58. The molecule has 0 heterocycles. The van der Waals surface area contributed by atoms with E-state index in [-0.39, 0.29) is 18.3 Å². The van der Waals surface area contributed by atoms with Crippen LogP contribution in [0.15, 0.2) is 71.6 Å². The number of methoxy groups -OCH3 is 4. The van der Waals surface area contributed by atoms with E-state index in [9.17, 15) is 8.42 Å². The normalized spacial score (nSPS) is 13.0. The van der Waals surface area contributed by atoms with Crippen molar-refractivity contribution in [2.75, 3.05) is 41.8 Å². The zero-order valence-corrected chi connectivity index (χ0v) is 22.3. The first-order valence-electron chi connectivity index (χ1n) is 11.4. The van der Waals surface area contributed by atoms with E-state index in [1.54, 1.807) is 54.6 Å². The average molecular weight is 533 g/mol. The van der Waals surface area contributed by atoms with Crippen molar-refractivity contribution < 1.29 is 41.0 Å². The van der Waals surface area contributed by atoms with Crippen LogP contribution in [0.25, 0.3) is 0 Å². The molecule has 0 aliphatic carbocycles. The van der Waals surface area contributed by atoms with Crippen LogP contribution in [0, 0.1) is 6.92 Å². The zero-order chi connectivity index (χ0) is 26.8. The third-order valence-corrected chi connectivity index (χ3v) is 6.78. The van der Waals surface area contributed by atoms with Gasteiger partial charge in [0.2, 0.25) is 0 Å². The molecule has 0 saturated carbocycles. The molecule has 0 aliphatic rings. The van der Waals surface area contributed by atoms with E-state index >= 15 is 0 Å². The predicted molar refractivity (Wildman–Crippen MR) is 137 cm³/mol. The Kier molecular flexibility index (Phi) is 10.2. The average Bonchev–Trinajstić information content (AvgIpc) is 2.92. The smallest absolute Gasteiger partial charge is 0.297 e. The summed E-state index contributed by atoms with van der Waals surface area (Å²) in [5.74, 6) is 1.84. The van der Waals surface area contributed by atoms with Gasteiger partial charge in [-0.2, -0.15) is 8.42 Å². The molecule has 37 heavy (non-hydrogen) atoms. The maximum atomic E-state index is 13.0. The van der Waals surface area contributed by atoms with Gasteiger partial charge < -0.3 is 28.4 Å². The van der Waals surface area contributed by atoms with Crippen LogP contribution in [-0.4, -0.2) is 56.4 Å². The Morgan fingerprint density at radius 3 is 2.00 bits per heavy atom. The summed E-state index contributed by atoms with van der Waals surface area (Å²) in [7, 11) is 1.98. The Bertz CT molecular complexity index is 1240. The summed E-state index contributed by atoms with van der Waals surface area (Å²) in [5, 5.41) is 0. The molecular weight excluding hydrogens is 500 g/mol. The van der Waals surface area contributed by atoms with Crippen LogP contribution in [0.1, 0.15) is 17.2 Å². The number of aryl methyl sites for hydroxylation is 1. The lowest BCUT2D eigenvalue weighted by molar-refractivity contribution is -0.115. The van der Waals surface area contributed by atoms with Crippen LogP contribution in [0.3, 0.4) is 0 Å². The monoisotopic (exact) mass is 532 g/mol. The Morgan fingerprint density at radius 1 is 0.757 bits per heavy atom. The zero-order valence-electron chi connectivity index (χ0n) is 21.5. The highest BCUT2D eigenvalue weighted by atomic mass is 32.2. The molecule has 3 aromatic carbocycles. The molecule has 3 aromatic rings. The molecule has 2 atom stereocenters. The number of hydrogen-bond donors (Lipinski definition) is 0. The standard InChI is InChI=1S/C27H32O9S/c1-19-10-13-21(14-11-19)37(28,29)35-17-26(36-24-9-7-6-8-22(24)31-3)27(34-18-30-2)20-12-15-23(32-4)25(16-20)33-5/h6-16,26-27H,17-18H2,1-5H3/t26-,27+/m0/s1. The van der Waals surface area contributed by atoms with Crippen LogP contribution >= 0.6 is 0 Å². The molecule has 0 unspecified atom stereocenters. The fourth-order valence-corrected chi connectivity index (χ4v) is 4.50. The molecule has 3 rings (SSSR count). The largest absolute Gasteiger partial charge is 0.493 e. The third kappa shape index (κ3) is 7.36. The SMILES string of the molecule is COCO[C@H](c1ccc(OC)c(OC)c1)[C@H](COS(=O)(=O)c1ccc(C)cc1)Oc1ccccc1OC. The summed E-state index contributed by atoms with van der Waals surface area (Å²) < 4.78 is 65.0. The van der Waals surface area contributed by atoms with Gasteiger partial charge in [0.25, 0.3) is 10.1 Å². The van der Waals surface area contributed by atoms with Crippen molar-refractivity contribution in [2.24, 2.45) is 0 Å². The minimum atomic E-state index is -4.08. The Hall–Kier alpha value is -3.31. The molecule has 0 spiro atoms. The second-order valence-corrected chi connectivity index (χ2v) is 9.58. The summed E-state index contributed by atoms with van der Waals surface area (Å²) in [6.45, 7) is 1.42. The van der Waals surface area contributed by atoms with Gasteiger partial charge in [-0.25, -0.2) is 0 Å². The van der Waals surface area contributed by atoms with Gasteiger partial charge in [-0.15, -0.1) is 0 Å². The minimum absolute atomic E-state index is 0.0367. The molecular formula is C27H32O9S. The maximum absolute atomic E-state index is 13.0. The van der Waals surface area contributed by atoms with Crippen LogP contribution in [0.4, 0.5) is 0 Å². The fraction of sp³-hybridized carbons (Fsp3) is 0.333. The number of rotatable bonds is 14. The van der Waals surface area contributed by atoms with E-state index in [2.05, 4.69) is 0 Å². The molecule has 0 amide bonds. The third-order valence-electron chi connectivity index (χ3n) is 5.48. The van der Waals surface area contributed by atoms with Gasteiger partial charge in [0.15, 0.2) is 29.1 Å². The van der Waals surface area contributed by atoms with Crippen LogP contribution in [0.2, 0.25) is 0 Å². The van der Waals surface area contributed by atoms with Gasteiger partial charge in [-0.3, -0.25) is 4.18 Å². The van der Waals surface area contributed by atoms with E-state index in [4.69, 9.17) is 32.6 Å². The number of ether oxygens (including phenoxy) is 6. The summed E-state index contributed by atoms with van der Waals surface area (Å²) in [5.41, 5.74) is 1.56. The van der Waals surface area contributed by atoms with Crippen LogP contribution in [0.5, 0.6) is 23.0 Å². The van der Waals surface area contributed by atoms with E-state index in [1.807, 2.05) is 6.92 Å². The summed E-state index contributed by atoms with van der Waals surface area (Å²) >= 11 is 0. The van der Waals surface area contributed by atoms with Gasteiger partial charge >= 0.3 is 0 Å². The molecule has 0 saturated heterocycles. The molecule has 0 aliphatic heterocycles. The van der Waals surface area contributed by atoms with Gasteiger partial charge in [0.05, 0.1) is 26.2 Å². The predicted octanol–water partition coefficient (Wildman–Crippen LogP) is 4.54. The summed E-state index contributed by atoms with van der Waals surface area (Å²) in [6, 6.07) is 18.6. The highest BCUT2D eigenvalue weighted by Gasteiger charge is 2.31. The lowest BCUT2D eigenvalue weighted by atomic mass is 10.0. The second-order valence-electron chi connectivity index (χ2n) is 7.97. The Labute approximate surface area is 217 Å². The van der Waals surface area contributed by atoms with Crippen molar-refractivity contribution >= 4 is 10.1 Å². The summed E-state index contributed by atoms with van der Waals surface area (Å²) in [4.78, 5) is 0.0367. The first-order chi connectivity index (χ1) is 17.8. The molecule has 9 nitrogen and oxygen atoms in total. The van der Waals surface area contributed by atoms with E-state index in [0.29, 0.717) is 28.6 Å². The van der Waals surface area contributed by atoms with Crippen molar-refractivity contribution in [3.63, 3.8) is 0 Å². The Balaban J connectivity index is 2.00. The minimum Gasteiger partial charge on any atom is -0.493 e. The molecule has 0 bridgehead atoms. The quantitative estimate of drug-likeness (QED) is 0.219. The summed E-state index contributed by atoms with van der Waals surface area (Å²) in [6.07, 6.45) is -1.76. The van der Waals surface area contributed by atoms with Gasteiger partial charge in [0, 0.05) is 7.11 Å². The molecule has 200 valence electrons. The van der Waals surface area contributed by atoms with E-state index in [1.165, 1.54) is 40.6 Å². The van der Waals surface area contributed by atoms with Crippen LogP contribution in [-0.2, 0) is 23.8 Å². The molecule has 0 fully saturated rings. The highest BCUT2D eigenvalue weighted by molar-refractivity contribution is 7.86. The van der Waals surface area contributed by atoms with Crippen molar-refractivity contribution in [1.29, 1.82) is 0 Å².